The number of halogens is 1. The highest BCUT2D eigenvalue weighted by molar-refractivity contribution is 6.32. The maximum absolute atomic E-state index is 12.2. The average molecular weight is 415 g/mol. The van der Waals surface area contributed by atoms with E-state index in [-0.39, 0.29) is 23.9 Å². The average Bonchev–Trinajstić information content (AvgIpc) is 3.07. The van der Waals surface area contributed by atoms with Gasteiger partial charge in [0.2, 0.25) is 5.90 Å². The van der Waals surface area contributed by atoms with Crippen molar-refractivity contribution in [3.63, 3.8) is 0 Å². The van der Waals surface area contributed by atoms with Crippen LogP contribution in [0.25, 0.3) is 6.08 Å². The first kappa shape index (κ1) is 20.1. The van der Waals surface area contributed by atoms with E-state index in [1.54, 1.807) is 18.2 Å². The van der Waals surface area contributed by atoms with Crippen molar-refractivity contribution in [1.29, 1.82) is 0 Å². The van der Waals surface area contributed by atoms with Crippen LogP contribution in [0, 0.1) is 10.1 Å². The highest BCUT2D eigenvalue weighted by Crippen LogP contribution is 2.37. The topological polar surface area (TPSA) is 100 Å². The van der Waals surface area contributed by atoms with E-state index in [2.05, 4.69) is 11.6 Å². The third kappa shape index (κ3) is 4.44. The molecule has 1 aliphatic heterocycles. The van der Waals surface area contributed by atoms with E-state index in [0.29, 0.717) is 27.6 Å². The molecule has 0 fully saturated rings. The molecular weight excluding hydrogens is 400 g/mol. The van der Waals surface area contributed by atoms with Gasteiger partial charge in [0.25, 0.3) is 5.69 Å². The molecule has 0 N–H and O–H groups in total. The summed E-state index contributed by atoms with van der Waals surface area (Å²) in [4.78, 5) is 26.6. The first-order valence-electron chi connectivity index (χ1n) is 8.31. The van der Waals surface area contributed by atoms with Crippen LogP contribution in [0.4, 0.5) is 5.69 Å². The van der Waals surface area contributed by atoms with E-state index >= 15 is 0 Å². The van der Waals surface area contributed by atoms with E-state index in [1.165, 1.54) is 37.5 Å². The maximum atomic E-state index is 12.2. The number of hydrogen-bond acceptors (Lipinski definition) is 7. The Balaban J connectivity index is 1.91. The lowest BCUT2D eigenvalue weighted by molar-refractivity contribution is -0.384. The molecule has 3 rings (SSSR count). The molecule has 0 aromatic heterocycles. The van der Waals surface area contributed by atoms with E-state index in [0.717, 1.165) is 0 Å². The second-order valence-corrected chi connectivity index (χ2v) is 6.18. The number of nitrogens with zero attached hydrogens (tertiary/aromatic N) is 2. The number of esters is 1. The van der Waals surface area contributed by atoms with Crippen molar-refractivity contribution in [1.82, 2.24) is 0 Å². The van der Waals surface area contributed by atoms with Crippen LogP contribution in [0.5, 0.6) is 11.5 Å². The minimum Gasteiger partial charge on any atom is -0.493 e. The zero-order chi connectivity index (χ0) is 21.0. The molecule has 0 atom stereocenters. The zero-order valence-corrected chi connectivity index (χ0v) is 16.0. The number of carbonyl (C=O) groups excluding carboxylic acids is 1. The Labute approximate surface area is 170 Å². The number of methoxy groups -OCH3 is 1. The van der Waals surface area contributed by atoms with Crippen molar-refractivity contribution in [2.45, 2.75) is 0 Å². The van der Waals surface area contributed by atoms with Crippen LogP contribution in [0.1, 0.15) is 11.1 Å². The Morgan fingerprint density at radius 3 is 2.66 bits per heavy atom. The fraction of sp³-hybridized carbons (Fsp3) is 0.100. The molecule has 29 heavy (non-hydrogen) atoms. The van der Waals surface area contributed by atoms with Crippen molar-refractivity contribution >= 4 is 35.2 Å². The summed E-state index contributed by atoms with van der Waals surface area (Å²) >= 11 is 6.26. The lowest BCUT2D eigenvalue weighted by Crippen LogP contribution is -2.05. The number of ether oxygens (including phenoxy) is 3. The van der Waals surface area contributed by atoms with Crippen LogP contribution < -0.4 is 9.47 Å². The Hall–Kier alpha value is -3.65. The van der Waals surface area contributed by atoms with Crippen molar-refractivity contribution < 1.29 is 23.9 Å². The summed E-state index contributed by atoms with van der Waals surface area (Å²) in [5.74, 6) is 0.151. The number of aliphatic imine (C=N–C) groups is 1. The zero-order valence-electron chi connectivity index (χ0n) is 15.3. The smallest absolute Gasteiger partial charge is 0.363 e. The van der Waals surface area contributed by atoms with E-state index in [9.17, 15) is 14.9 Å². The van der Waals surface area contributed by atoms with Crippen molar-refractivity contribution in [3.8, 4) is 11.5 Å². The lowest BCUT2D eigenvalue weighted by atomic mass is 10.1. The highest BCUT2D eigenvalue weighted by atomic mass is 35.5. The molecule has 0 amide bonds. The standard InChI is InChI=1S/C20H15ClN2O6/c1-3-8-28-18-15(21)9-12(11-17(18)27-2)10-16-20(24)29-19(22-16)13-4-6-14(7-5-13)23(25)26/h3-7,9-11H,1,8H2,2H3/b16-10+. The van der Waals surface area contributed by atoms with Crippen LogP contribution in [0.3, 0.4) is 0 Å². The van der Waals surface area contributed by atoms with Gasteiger partial charge in [-0.1, -0.05) is 24.3 Å². The fourth-order valence-electron chi connectivity index (χ4n) is 2.52. The van der Waals surface area contributed by atoms with Gasteiger partial charge in [-0.2, -0.15) is 0 Å². The summed E-state index contributed by atoms with van der Waals surface area (Å²) in [6.45, 7) is 3.84. The summed E-state index contributed by atoms with van der Waals surface area (Å²) in [7, 11) is 1.47. The van der Waals surface area contributed by atoms with Gasteiger partial charge >= 0.3 is 5.97 Å². The normalized spacial score (nSPS) is 14.3. The molecule has 0 aliphatic carbocycles. The van der Waals surface area contributed by atoms with Gasteiger partial charge in [0.15, 0.2) is 17.2 Å². The van der Waals surface area contributed by atoms with Gasteiger partial charge in [-0.05, 0) is 35.9 Å². The molecule has 0 saturated carbocycles. The summed E-state index contributed by atoms with van der Waals surface area (Å²) < 4.78 is 16.0. The number of carbonyl (C=O) groups is 1. The van der Waals surface area contributed by atoms with Gasteiger partial charge < -0.3 is 14.2 Å². The number of hydrogen-bond donors (Lipinski definition) is 0. The molecule has 8 nitrogen and oxygen atoms in total. The first-order chi connectivity index (χ1) is 13.9. The van der Waals surface area contributed by atoms with Gasteiger partial charge in [0.1, 0.15) is 6.61 Å². The van der Waals surface area contributed by atoms with Gasteiger partial charge in [0.05, 0.1) is 17.1 Å². The largest absolute Gasteiger partial charge is 0.493 e. The molecule has 0 bridgehead atoms. The highest BCUT2D eigenvalue weighted by Gasteiger charge is 2.25. The Morgan fingerprint density at radius 2 is 2.03 bits per heavy atom. The van der Waals surface area contributed by atoms with E-state index in [4.69, 9.17) is 25.8 Å². The summed E-state index contributed by atoms with van der Waals surface area (Å²) in [6.07, 6.45) is 3.07. The molecule has 0 saturated heterocycles. The van der Waals surface area contributed by atoms with Gasteiger partial charge in [-0.15, -0.1) is 0 Å². The summed E-state index contributed by atoms with van der Waals surface area (Å²) in [5.41, 5.74) is 0.973. The minimum atomic E-state index is -0.652. The van der Waals surface area contributed by atoms with Crippen molar-refractivity contribution in [2.75, 3.05) is 13.7 Å². The van der Waals surface area contributed by atoms with Crippen molar-refractivity contribution in [2.24, 2.45) is 4.99 Å². The van der Waals surface area contributed by atoms with Gasteiger partial charge in [0, 0.05) is 17.7 Å². The molecular formula is C20H15ClN2O6. The Bertz CT molecular complexity index is 1040. The second kappa shape index (κ2) is 8.57. The number of rotatable bonds is 7. The monoisotopic (exact) mass is 414 g/mol. The quantitative estimate of drug-likeness (QED) is 0.221. The summed E-state index contributed by atoms with van der Waals surface area (Å²) in [5, 5.41) is 11.0. The van der Waals surface area contributed by atoms with E-state index in [1.807, 2.05) is 0 Å². The molecule has 0 spiro atoms. The minimum absolute atomic E-state index is 0.0521. The SMILES string of the molecule is C=CCOc1c(Cl)cc(/C=C2/N=C(c3ccc([N+](=O)[O-])cc3)OC2=O)cc1OC. The van der Waals surface area contributed by atoms with E-state index < -0.39 is 10.9 Å². The van der Waals surface area contributed by atoms with Crippen LogP contribution in [-0.2, 0) is 9.53 Å². The molecule has 2 aromatic carbocycles. The number of benzene rings is 2. The molecule has 0 unspecified atom stereocenters. The molecule has 1 heterocycles. The third-order valence-electron chi connectivity index (χ3n) is 3.85. The van der Waals surface area contributed by atoms with Crippen molar-refractivity contribution in [3.05, 3.63) is 81.0 Å². The molecule has 0 radical (unpaired) electrons. The van der Waals surface area contributed by atoms with Crippen LogP contribution >= 0.6 is 11.6 Å². The van der Waals surface area contributed by atoms with Gasteiger partial charge in [-0.25, -0.2) is 9.79 Å². The number of nitro groups is 1. The second-order valence-electron chi connectivity index (χ2n) is 5.77. The predicted octanol–water partition coefficient (Wildman–Crippen LogP) is 4.17. The maximum Gasteiger partial charge on any atom is 0.363 e. The summed E-state index contributed by atoms with van der Waals surface area (Å²) in [6, 6.07) is 8.77. The van der Waals surface area contributed by atoms with Crippen LogP contribution in [-0.4, -0.2) is 30.5 Å². The third-order valence-corrected chi connectivity index (χ3v) is 4.13. The predicted molar refractivity (Wildman–Crippen MR) is 107 cm³/mol. The Morgan fingerprint density at radius 1 is 1.31 bits per heavy atom. The lowest BCUT2D eigenvalue weighted by Gasteiger charge is -2.12. The molecule has 9 heteroatoms. The molecule has 148 valence electrons. The Kier molecular flexibility index (Phi) is 5.94. The number of nitro benzene ring substituents is 1. The van der Waals surface area contributed by atoms with Gasteiger partial charge in [-0.3, -0.25) is 10.1 Å². The fourth-order valence-corrected chi connectivity index (χ4v) is 2.80. The number of non-ortho nitro benzene ring substituents is 1. The molecule has 2 aromatic rings. The van der Waals surface area contributed by atoms with Crippen LogP contribution in [0.15, 0.2) is 59.7 Å². The molecule has 1 aliphatic rings. The number of cyclic esters (lactones) is 1. The van der Waals surface area contributed by atoms with Crippen LogP contribution in [0.2, 0.25) is 5.02 Å². The first-order valence-corrected chi connectivity index (χ1v) is 8.69.